The Labute approximate surface area is 118 Å². The van der Waals surface area contributed by atoms with Gasteiger partial charge in [-0.2, -0.15) is 0 Å². The third-order valence-corrected chi connectivity index (χ3v) is 3.93. The zero-order valence-corrected chi connectivity index (χ0v) is 12.0. The average Bonchev–Trinajstić information content (AvgIpc) is 2.80. The summed E-state index contributed by atoms with van der Waals surface area (Å²) in [4.78, 5) is 25.7. The summed E-state index contributed by atoms with van der Waals surface area (Å²) in [6.45, 7) is 2.64. The summed E-state index contributed by atoms with van der Waals surface area (Å²) in [5.74, 6) is -0.607. The number of primary amides is 1. The first-order valence-corrected chi connectivity index (χ1v) is 6.94. The monoisotopic (exact) mass is 278 g/mol. The summed E-state index contributed by atoms with van der Waals surface area (Å²) in [5, 5.41) is 0. The molecule has 1 aromatic rings. The summed E-state index contributed by atoms with van der Waals surface area (Å²) < 4.78 is 1.65. The molecule has 0 saturated carbocycles. The Kier molecular flexibility index (Phi) is 4.13. The third kappa shape index (κ3) is 2.70. The van der Waals surface area contributed by atoms with Crippen molar-refractivity contribution in [2.75, 3.05) is 6.54 Å². The van der Waals surface area contributed by atoms with Gasteiger partial charge in [0, 0.05) is 31.9 Å². The van der Waals surface area contributed by atoms with Crippen molar-refractivity contribution in [1.29, 1.82) is 0 Å². The first-order chi connectivity index (χ1) is 9.41. The van der Waals surface area contributed by atoms with Gasteiger partial charge in [0.1, 0.15) is 5.69 Å². The van der Waals surface area contributed by atoms with Crippen molar-refractivity contribution < 1.29 is 9.59 Å². The summed E-state index contributed by atoms with van der Waals surface area (Å²) in [7, 11) is 1.74. The van der Waals surface area contributed by atoms with Gasteiger partial charge in [-0.25, -0.2) is 0 Å². The van der Waals surface area contributed by atoms with E-state index in [1.807, 2.05) is 11.8 Å². The molecule has 110 valence electrons. The van der Waals surface area contributed by atoms with Crippen LogP contribution in [-0.2, 0) is 7.05 Å². The van der Waals surface area contributed by atoms with Crippen molar-refractivity contribution in [2.45, 2.75) is 38.3 Å². The van der Waals surface area contributed by atoms with Crippen LogP contribution in [0.5, 0.6) is 0 Å². The van der Waals surface area contributed by atoms with E-state index in [9.17, 15) is 9.59 Å². The molecule has 6 nitrogen and oxygen atoms in total. The molecule has 20 heavy (non-hydrogen) atoms. The molecule has 1 aliphatic heterocycles. The molecule has 6 heteroatoms. The predicted molar refractivity (Wildman–Crippen MR) is 76.3 cm³/mol. The Morgan fingerprint density at radius 3 is 2.65 bits per heavy atom. The molecule has 1 aliphatic rings. The number of amides is 2. The maximum absolute atomic E-state index is 12.7. The predicted octanol–water partition coefficient (Wildman–Crippen LogP) is 0.466. The van der Waals surface area contributed by atoms with Gasteiger partial charge in [-0.05, 0) is 32.3 Å². The number of carbonyl (C=O) groups excluding carboxylic acids is 2. The Morgan fingerprint density at radius 1 is 1.40 bits per heavy atom. The number of hydrogen-bond acceptors (Lipinski definition) is 3. The third-order valence-electron chi connectivity index (χ3n) is 3.93. The lowest BCUT2D eigenvalue weighted by molar-refractivity contribution is 0.0574. The summed E-state index contributed by atoms with van der Waals surface area (Å²) >= 11 is 0. The number of aromatic nitrogens is 1. The van der Waals surface area contributed by atoms with Crippen molar-refractivity contribution in [3.05, 3.63) is 23.5 Å². The normalized spacial score (nSPS) is 20.8. The van der Waals surface area contributed by atoms with E-state index in [4.69, 9.17) is 11.5 Å². The maximum atomic E-state index is 12.7. The highest BCUT2D eigenvalue weighted by Gasteiger charge is 2.31. The summed E-state index contributed by atoms with van der Waals surface area (Å²) in [6.07, 6.45) is 4.59. The van der Waals surface area contributed by atoms with Gasteiger partial charge in [-0.15, -0.1) is 0 Å². The summed E-state index contributed by atoms with van der Waals surface area (Å²) in [5.41, 5.74) is 12.1. The number of hydrogen-bond donors (Lipinski definition) is 2. The van der Waals surface area contributed by atoms with E-state index < -0.39 is 5.91 Å². The molecular weight excluding hydrogens is 256 g/mol. The van der Waals surface area contributed by atoms with Crippen molar-refractivity contribution in [3.8, 4) is 0 Å². The van der Waals surface area contributed by atoms with E-state index in [0.29, 0.717) is 17.8 Å². The van der Waals surface area contributed by atoms with Crippen LogP contribution in [0.25, 0.3) is 0 Å². The first-order valence-electron chi connectivity index (χ1n) is 6.94. The lowest BCUT2D eigenvalue weighted by atomic mass is 9.96. The van der Waals surface area contributed by atoms with Crippen LogP contribution in [-0.4, -0.2) is 39.9 Å². The average molecular weight is 278 g/mol. The molecule has 1 aromatic heterocycles. The van der Waals surface area contributed by atoms with Crippen LogP contribution in [0.1, 0.15) is 47.0 Å². The van der Waals surface area contributed by atoms with Gasteiger partial charge < -0.3 is 20.9 Å². The smallest absolute Gasteiger partial charge is 0.270 e. The highest BCUT2D eigenvalue weighted by Crippen LogP contribution is 2.22. The van der Waals surface area contributed by atoms with Crippen molar-refractivity contribution in [1.82, 2.24) is 9.47 Å². The zero-order valence-electron chi connectivity index (χ0n) is 12.0. The number of likely N-dealkylation sites (tertiary alicyclic amines) is 1. The van der Waals surface area contributed by atoms with Crippen LogP contribution >= 0.6 is 0 Å². The Bertz CT molecular complexity index is 521. The molecule has 0 unspecified atom stereocenters. The van der Waals surface area contributed by atoms with Crippen molar-refractivity contribution in [3.63, 3.8) is 0 Å². The standard InChI is InChI=1S/C14H22N4O2/c1-9(15)11-5-3-4-6-18(11)14(20)12-7-10(13(16)19)8-17(12)2/h7-9,11H,3-6,15H2,1-2H3,(H2,16,19)/t9-,11+/m0/s1. The number of piperidine rings is 1. The maximum Gasteiger partial charge on any atom is 0.270 e. The first kappa shape index (κ1) is 14.6. The van der Waals surface area contributed by atoms with Crippen LogP contribution in [0.4, 0.5) is 0 Å². The molecular formula is C14H22N4O2. The minimum absolute atomic E-state index is 0.0585. The second kappa shape index (κ2) is 5.66. The number of nitrogens with zero attached hydrogens (tertiary/aromatic N) is 2. The topological polar surface area (TPSA) is 94.3 Å². The second-order valence-corrected chi connectivity index (χ2v) is 5.51. The molecule has 0 spiro atoms. The molecule has 2 rings (SSSR count). The molecule has 0 aliphatic carbocycles. The van der Waals surface area contributed by atoms with Crippen LogP contribution in [0.3, 0.4) is 0 Å². The van der Waals surface area contributed by atoms with E-state index in [1.54, 1.807) is 23.9 Å². The molecule has 2 heterocycles. The van der Waals surface area contributed by atoms with Crippen LogP contribution in [0, 0.1) is 0 Å². The van der Waals surface area contributed by atoms with Gasteiger partial charge in [0.2, 0.25) is 5.91 Å². The lowest BCUT2D eigenvalue weighted by Gasteiger charge is -2.38. The Balaban J connectivity index is 2.27. The summed E-state index contributed by atoms with van der Waals surface area (Å²) in [6, 6.07) is 1.55. The minimum Gasteiger partial charge on any atom is -0.366 e. The highest BCUT2D eigenvalue weighted by atomic mass is 16.2. The molecule has 2 atom stereocenters. The van der Waals surface area contributed by atoms with E-state index in [-0.39, 0.29) is 18.0 Å². The number of nitrogens with two attached hydrogens (primary N) is 2. The van der Waals surface area contributed by atoms with Crippen molar-refractivity contribution >= 4 is 11.8 Å². The fourth-order valence-corrected chi connectivity index (χ4v) is 2.82. The molecule has 2 amide bonds. The number of rotatable bonds is 3. The fourth-order valence-electron chi connectivity index (χ4n) is 2.82. The SMILES string of the molecule is C[C@H](N)[C@H]1CCCCN1C(=O)c1cc(C(N)=O)cn1C. The van der Waals surface area contributed by atoms with E-state index >= 15 is 0 Å². The van der Waals surface area contributed by atoms with Crippen molar-refractivity contribution in [2.24, 2.45) is 18.5 Å². The Hall–Kier alpha value is -1.82. The number of aryl methyl sites for hydroxylation is 1. The minimum atomic E-state index is -0.526. The van der Waals surface area contributed by atoms with Crippen LogP contribution in [0.15, 0.2) is 12.3 Å². The zero-order chi connectivity index (χ0) is 14.9. The van der Waals surface area contributed by atoms with Crippen LogP contribution < -0.4 is 11.5 Å². The van der Waals surface area contributed by atoms with E-state index in [0.717, 1.165) is 19.3 Å². The van der Waals surface area contributed by atoms with Gasteiger partial charge in [-0.3, -0.25) is 9.59 Å². The fraction of sp³-hybridized carbons (Fsp3) is 0.571. The molecule has 4 N–H and O–H groups in total. The van der Waals surface area contributed by atoms with E-state index in [2.05, 4.69) is 0 Å². The van der Waals surface area contributed by atoms with Crippen LogP contribution in [0.2, 0.25) is 0 Å². The van der Waals surface area contributed by atoms with Gasteiger partial charge in [0.15, 0.2) is 0 Å². The molecule has 0 aromatic carbocycles. The van der Waals surface area contributed by atoms with Gasteiger partial charge in [-0.1, -0.05) is 0 Å². The molecule has 1 fully saturated rings. The number of carbonyl (C=O) groups is 2. The Morgan fingerprint density at radius 2 is 2.10 bits per heavy atom. The second-order valence-electron chi connectivity index (χ2n) is 5.51. The lowest BCUT2D eigenvalue weighted by Crippen LogP contribution is -2.52. The molecule has 0 radical (unpaired) electrons. The highest BCUT2D eigenvalue weighted by molar-refractivity contribution is 5.98. The van der Waals surface area contributed by atoms with Gasteiger partial charge in [0.25, 0.3) is 5.91 Å². The van der Waals surface area contributed by atoms with Gasteiger partial charge >= 0.3 is 0 Å². The van der Waals surface area contributed by atoms with E-state index in [1.165, 1.54) is 0 Å². The largest absolute Gasteiger partial charge is 0.366 e. The van der Waals surface area contributed by atoms with Gasteiger partial charge in [0.05, 0.1) is 5.56 Å². The molecule has 0 bridgehead atoms. The molecule has 1 saturated heterocycles. The quantitative estimate of drug-likeness (QED) is 0.841.